The molecule has 0 bridgehead atoms. The van der Waals surface area contributed by atoms with Gasteiger partial charge < -0.3 is 0 Å². The van der Waals surface area contributed by atoms with Crippen LogP contribution in [0, 0.1) is 11.6 Å². The highest BCUT2D eigenvalue weighted by atomic mass is 32.1. The molecule has 0 saturated heterocycles. The molecular formula is C9H7F2NS. The lowest BCUT2D eigenvalue weighted by molar-refractivity contribution is 0.518. The zero-order valence-electron chi connectivity index (χ0n) is 6.97. The first kappa shape index (κ1) is 8.56. The molecule has 0 unspecified atom stereocenters. The summed E-state index contributed by atoms with van der Waals surface area (Å²) < 4.78 is 26.2. The van der Waals surface area contributed by atoms with Crippen molar-refractivity contribution in [1.29, 1.82) is 0 Å². The molecule has 1 nitrogen and oxygen atoms in total. The van der Waals surface area contributed by atoms with Crippen molar-refractivity contribution < 1.29 is 8.78 Å². The van der Waals surface area contributed by atoms with Crippen molar-refractivity contribution in [2.75, 3.05) is 0 Å². The van der Waals surface area contributed by atoms with Crippen molar-refractivity contribution in [1.82, 2.24) is 4.98 Å². The summed E-state index contributed by atoms with van der Waals surface area (Å²) in [6.07, 6.45) is 0.750. The van der Waals surface area contributed by atoms with Gasteiger partial charge in [-0.2, -0.15) is 0 Å². The first-order valence-electron chi connectivity index (χ1n) is 3.95. The largest absolute Gasteiger partial charge is 0.241 e. The number of aryl methyl sites for hydroxylation is 1. The molecule has 0 amide bonds. The first-order valence-corrected chi connectivity index (χ1v) is 4.77. The molecule has 4 heteroatoms. The predicted octanol–water partition coefficient (Wildman–Crippen LogP) is 3.14. The lowest BCUT2D eigenvalue weighted by atomic mass is 10.3. The van der Waals surface area contributed by atoms with Crippen LogP contribution in [0.3, 0.4) is 0 Å². The monoisotopic (exact) mass is 199 g/mol. The van der Waals surface area contributed by atoms with Crippen LogP contribution in [0.15, 0.2) is 12.1 Å². The SMILES string of the molecule is CCc1nc2ccc(F)c(F)c2s1. The van der Waals surface area contributed by atoms with Gasteiger partial charge in [-0.25, -0.2) is 13.8 Å². The fourth-order valence-corrected chi connectivity index (χ4v) is 2.06. The lowest BCUT2D eigenvalue weighted by Crippen LogP contribution is -1.81. The second kappa shape index (κ2) is 3.03. The van der Waals surface area contributed by atoms with Crippen molar-refractivity contribution >= 4 is 21.6 Å². The molecule has 0 atom stereocenters. The summed E-state index contributed by atoms with van der Waals surface area (Å²) in [5.74, 6) is -1.59. The first-order chi connectivity index (χ1) is 6.22. The van der Waals surface area contributed by atoms with Crippen LogP contribution in [0.4, 0.5) is 8.78 Å². The van der Waals surface area contributed by atoms with E-state index in [1.165, 1.54) is 17.4 Å². The van der Waals surface area contributed by atoms with Crippen molar-refractivity contribution in [3.63, 3.8) is 0 Å². The van der Waals surface area contributed by atoms with Crippen molar-refractivity contribution in [3.8, 4) is 0 Å². The number of benzene rings is 1. The third kappa shape index (κ3) is 1.31. The lowest BCUT2D eigenvalue weighted by Gasteiger charge is -1.90. The maximum Gasteiger partial charge on any atom is 0.178 e. The molecular weight excluding hydrogens is 192 g/mol. The molecule has 1 aromatic carbocycles. The summed E-state index contributed by atoms with van der Waals surface area (Å²) >= 11 is 1.21. The molecule has 0 aliphatic rings. The van der Waals surface area contributed by atoms with Gasteiger partial charge in [0.15, 0.2) is 11.6 Å². The van der Waals surface area contributed by atoms with Crippen LogP contribution in [-0.4, -0.2) is 4.98 Å². The van der Waals surface area contributed by atoms with E-state index in [1.54, 1.807) is 0 Å². The van der Waals surface area contributed by atoms with E-state index in [0.29, 0.717) is 10.2 Å². The Bertz CT molecular complexity index is 450. The Kier molecular flexibility index (Phi) is 2.00. The smallest absolute Gasteiger partial charge is 0.178 e. The summed E-state index contributed by atoms with van der Waals surface area (Å²) in [5, 5.41) is 0.833. The molecule has 1 aromatic heterocycles. The molecule has 0 saturated carbocycles. The molecule has 2 aromatic rings. The van der Waals surface area contributed by atoms with Gasteiger partial charge in [0.2, 0.25) is 0 Å². The summed E-state index contributed by atoms with van der Waals surface area (Å²) in [7, 11) is 0. The summed E-state index contributed by atoms with van der Waals surface area (Å²) in [6, 6.07) is 2.61. The number of nitrogens with zero attached hydrogens (tertiary/aromatic N) is 1. The maximum atomic E-state index is 13.1. The highest BCUT2D eigenvalue weighted by Crippen LogP contribution is 2.26. The molecule has 2 rings (SSSR count). The van der Waals surface area contributed by atoms with E-state index in [-0.39, 0.29) is 0 Å². The predicted molar refractivity (Wildman–Crippen MR) is 48.9 cm³/mol. The topological polar surface area (TPSA) is 12.9 Å². The average molecular weight is 199 g/mol. The number of halogens is 2. The van der Waals surface area contributed by atoms with Crippen molar-refractivity contribution in [2.45, 2.75) is 13.3 Å². The fraction of sp³-hybridized carbons (Fsp3) is 0.222. The molecule has 0 spiro atoms. The summed E-state index contributed by atoms with van der Waals surface area (Å²) in [5.41, 5.74) is 0.542. The Labute approximate surface area is 78.0 Å². The highest BCUT2D eigenvalue weighted by Gasteiger charge is 2.10. The average Bonchev–Trinajstić information content (AvgIpc) is 2.55. The molecule has 0 radical (unpaired) electrons. The van der Waals surface area contributed by atoms with Crippen LogP contribution in [0.2, 0.25) is 0 Å². The van der Waals surface area contributed by atoms with Gasteiger partial charge in [-0.1, -0.05) is 6.92 Å². The maximum absolute atomic E-state index is 13.1. The Morgan fingerprint density at radius 1 is 1.38 bits per heavy atom. The Morgan fingerprint density at radius 2 is 2.15 bits per heavy atom. The Hall–Kier alpha value is -1.03. The van der Waals surface area contributed by atoms with Crippen molar-refractivity contribution in [2.24, 2.45) is 0 Å². The molecule has 0 aliphatic heterocycles. The van der Waals surface area contributed by atoms with E-state index in [4.69, 9.17) is 0 Å². The zero-order chi connectivity index (χ0) is 9.42. The Morgan fingerprint density at radius 3 is 2.85 bits per heavy atom. The van der Waals surface area contributed by atoms with Gasteiger partial charge in [-0.3, -0.25) is 0 Å². The van der Waals surface area contributed by atoms with E-state index in [9.17, 15) is 8.78 Å². The van der Waals surface area contributed by atoms with Crippen LogP contribution < -0.4 is 0 Å². The van der Waals surface area contributed by atoms with Crippen LogP contribution >= 0.6 is 11.3 Å². The molecule has 0 fully saturated rings. The summed E-state index contributed by atoms with van der Waals surface area (Å²) in [4.78, 5) is 4.14. The van der Waals surface area contributed by atoms with Gasteiger partial charge in [0, 0.05) is 0 Å². The van der Waals surface area contributed by atoms with Gasteiger partial charge in [0.25, 0.3) is 0 Å². The second-order valence-corrected chi connectivity index (χ2v) is 3.75. The quantitative estimate of drug-likeness (QED) is 0.687. The number of aromatic nitrogens is 1. The van der Waals surface area contributed by atoms with Gasteiger partial charge in [0.05, 0.1) is 15.2 Å². The highest BCUT2D eigenvalue weighted by molar-refractivity contribution is 7.18. The zero-order valence-corrected chi connectivity index (χ0v) is 7.79. The van der Waals surface area contributed by atoms with Crippen LogP contribution in [0.25, 0.3) is 10.2 Å². The molecule has 13 heavy (non-hydrogen) atoms. The standard InChI is InChI=1S/C9H7F2NS/c1-2-7-12-6-4-3-5(10)8(11)9(6)13-7/h3-4H,2H2,1H3. The minimum absolute atomic E-state index is 0.317. The summed E-state index contributed by atoms with van der Waals surface area (Å²) in [6.45, 7) is 1.94. The Balaban J connectivity index is 2.76. The third-order valence-corrected chi connectivity index (χ3v) is 3.00. The minimum atomic E-state index is -0.807. The number of thiazole rings is 1. The molecule has 0 N–H and O–H groups in total. The number of fused-ring (bicyclic) bond motifs is 1. The van der Waals surface area contributed by atoms with Crippen molar-refractivity contribution in [3.05, 3.63) is 28.8 Å². The van der Waals surface area contributed by atoms with Gasteiger partial charge in [-0.05, 0) is 18.6 Å². The van der Waals surface area contributed by atoms with Gasteiger partial charge in [0.1, 0.15) is 0 Å². The van der Waals surface area contributed by atoms with E-state index in [2.05, 4.69) is 4.98 Å². The van der Waals surface area contributed by atoms with Gasteiger partial charge in [-0.15, -0.1) is 11.3 Å². The van der Waals surface area contributed by atoms with Crippen LogP contribution in [-0.2, 0) is 6.42 Å². The normalized spacial score (nSPS) is 11.0. The third-order valence-electron chi connectivity index (χ3n) is 1.80. The minimum Gasteiger partial charge on any atom is -0.241 e. The molecule has 1 heterocycles. The van der Waals surface area contributed by atoms with E-state index in [1.807, 2.05) is 6.92 Å². The van der Waals surface area contributed by atoms with Gasteiger partial charge >= 0.3 is 0 Å². The van der Waals surface area contributed by atoms with E-state index >= 15 is 0 Å². The molecule has 0 aliphatic carbocycles. The number of hydrogen-bond donors (Lipinski definition) is 0. The van der Waals surface area contributed by atoms with Crippen LogP contribution in [0.1, 0.15) is 11.9 Å². The second-order valence-electron chi connectivity index (χ2n) is 2.67. The van der Waals surface area contributed by atoms with E-state index < -0.39 is 11.6 Å². The number of rotatable bonds is 1. The molecule has 68 valence electrons. The van der Waals surface area contributed by atoms with E-state index in [0.717, 1.165) is 17.5 Å². The number of hydrogen-bond acceptors (Lipinski definition) is 2. The van der Waals surface area contributed by atoms with Crippen LogP contribution in [0.5, 0.6) is 0 Å². The fourth-order valence-electron chi connectivity index (χ4n) is 1.13.